The van der Waals surface area contributed by atoms with Crippen molar-refractivity contribution in [3.8, 4) is 11.1 Å². The van der Waals surface area contributed by atoms with Crippen LogP contribution in [-0.2, 0) is 6.54 Å². The highest BCUT2D eigenvalue weighted by Crippen LogP contribution is 2.24. The predicted molar refractivity (Wildman–Crippen MR) is 81.9 cm³/mol. The van der Waals surface area contributed by atoms with E-state index >= 15 is 0 Å². The van der Waals surface area contributed by atoms with E-state index in [2.05, 4.69) is 85.5 Å². The highest BCUT2D eigenvalue weighted by Gasteiger charge is 2.07. The van der Waals surface area contributed by atoms with Crippen molar-refractivity contribution in [2.45, 2.75) is 6.54 Å². The topological polar surface area (TPSA) is 6.48 Å². The van der Waals surface area contributed by atoms with Crippen LogP contribution in [0.1, 0.15) is 5.56 Å². The van der Waals surface area contributed by atoms with E-state index in [1.807, 2.05) is 0 Å². The van der Waals surface area contributed by atoms with E-state index in [0.29, 0.717) is 0 Å². The van der Waals surface area contributed by atoms with Gasteiger partial charge in [0.05, 0.1) is 6.67 Å². The maximum absolute atomic E-state index is 2.32. The predicted octanol–water partition coefficient (Wildman–Crippen LogP) is 3.30. The molecular weight excluding hydrogens is 232 g/mol. The quantitative estimate of drug-likeness (QED) is 0.755. The van der Waals surface area contributed by atoms with Gasteiger partial charge in [-0.05, 0) is 37.8 Å². The van der Waals surface area contributed by atoms with E-state index in [9.17, 15) is 0 Å². The van der Waals surface area contributed by atoms with Gasteiger partial charge >= 0.3 is 0 Å². The minimum absolute atomic E-state index is 0.961. The van der Waals surface area contributed by atoms with Crippen LogP contribution in [0.15, 0.2) is 54.6 Å². The lowest BCUT2D eigenvalue weighted by Gasteiger charge is -2.22. The zero-order chi connectivity index (χ0) is 13.7. The smallest absolute Gasteiger partial charge is 0.0501 e. The van der Waals surface area contributed by atoms with Gasteiger partial charge in [-0.25, -0.2) is 0 Å². The average molecular weight is 254 g/mol. The van der Waals surface area contributed by atoms with Crippen molar-refractivity contribution in [3.05, 3.63) is 60.2 Å². The van der Waals surface area contributed by atoms with Gasteiger partial charge in [0.15, 0.2) is 0 Å². The molecule has 0 atom stereocenters. The summed E-state index contributed by atoms with van der Waals surface area (Å²) >= 11 is 0. The fraction of sp³-hybridized carbons (Fsp3) is 0.294. The highest BCUT2D eigenvalue weighted by atomic mass is 15.3. The van der Waals surface area contributed by atoms with Crippen LogP contribution in [0.4, 0.5) is 0 Å². The Hall–Kier alpha value is -1.64. The van der Waals surface area contributed by atoms with Gasteiger partial charge in [-0.3, -0.25) is 9.80 Å². The van der Waals surface area contributed by atoms with Gasteiger partial charge in [-0.2, -0.15) is 0 Å². The van der Waals surface area contributed by atoms with E-state index in [0.717, 1.165) is 13.2 Å². The van der Waals surface area contributed by atoms with Gasteiger partial charge in [0.25, 0.3) is 0 Å². The molecule has 0 unspecified atom stereocenters. The standard InChI is InChI=1S/C17H22N2/c1-18(2)14-19(3)13-16-11-7-8-12-17(16)15-9-5-4-6-10-15/h4-12H,13-14H2,1-3H3. The minimum Gasteiger partial charge on any atom is -0.297 e. The number of hydrogen-bond donors (Lipinski definition) is 0. The Morgan fingerprint density at radius 1 is 0.789 bits per heavy atom. The molecule has 0 aromatic heterocycles. The average Bonchev–Trinajstić information content (AvgIpc) is 2.39. The zero-order valence-corrected chi connectivity index (χ0v) is 12.0. The molecule has 0 radical (unpaired) electrons. The van der Waals surface area contributed by atoms with Crippen molar-refractivity contribution < 1.29 is 0 Å². The number of benzene rings is 2. The molecular formula is C17H22N2. The van der Waals surface area contributed by atoms with Crippen LogP contribution >= 0.6 is 0 Å². The van der Waals surface area contributed by atoms with Crippen LogP contribution in [0.3, 0.4) is 0 Å². The second kappa shape index (κ2) is 6.50. The Bertz CT molecular complexity index is 506. The van der Waals surface area contributed by atoms with Crippen molar-refractivity contribution >= 4 is 0 Å². The summed E-state index contributed by atoms with van der Waals surface area (Å²) < 4.78 is 0. The molecule has 0 spiro atoms. The van der Waals surface area contributed by atoms with Crippen LogP contribution in [0, 0.1) is 0 Å². The summed E-state index contributed by atoms with van der Waals surface area (Å²) in [5.74, 6) is 0. The molecule has 19 heavy (non-hydrogen) atoms. The van der Waals surface area contributed by atoms with Crippen molar-refractivity contribution in [1.29, 1.82) is 0 Å². The van der Waals surface area contributed by atoms with E-state index in [1.54, 1.807) is 0 Å². The summed E-state index contributed by atoms with van der Waals surface area (Å²) in [5.41, 5.74) is 3.99. The highest BCUT2D eigenvalue weighted by molar-refractivity contribution is 5.67. The molecule has 100 valence electrons. The molecule has 2 aromatic rings. The van der Waals surface area contributed by atoms with Gasteiger partial charge in [0.2, 0.25) is 0 Å². The van der Waals surface area contributed by atoms with Crippen LogP contribution in [0.5, 0.6) is 0 Å². The zero-order valence-electron chi connectivity index (χ0n) is 12.0. The molecule has 0 saturated heterocycles. The first-order valence-electron chi connectivity index (χ1n) is 6.63. The third-order valence-electron chi connectivity index (χ3n) is 3.07. The van der Waals surface area contributed by atoms with Gasteiger partial charge in [0, 0.05) is 6.54 Å². The fourth-order valence-electron chi connectivity index (χ4n) is 2.38. The largest absolute Gasteiger partial charge is 0.297 e. The molecule has 0 aliphatic rings. The molecule has 0 amide bonds. The summed E-state index contributed by atoms with van der Waals surface area (Å²) in [4.78, 5) is 4.51. The molecule has 2 nitrogen and oxygen atoms in total. The molecule has 0 N–H and O–H groups in total. The first-order chi connectivity index (χ1) is 9.16. The van der Waals surface area contributed by atoms with Crippen LogP contribution in [-0.4, -0.2) is 37.6 Å². The lowest BCUT2D eigenvalue weighted by Crippen LogP contribution is -2.29. The van der Waals surface area contributed by atoms with Gasteiger partial charge < -0.3 is 0 Å². The molecule has 0 aliphatic carbocycles. The van der Waals surface area contributed by atoms with E-state index in [-0.39, 0.29) is 0 Å². The third kappa shape index (κ3) is 3.91. The molecule has 2 aromatic carbocycles. The number of hydrogen-bond acceptors (Lipinski definition) is 2. The maximum Gasteiger partial charge on any atom is 0.0501 e. The Morgan fingerprint density at radius 3 is 2.11 bits per heavy atom. The Morgan fingerprint density at radius 2 is 1.42 bits per heavy atom. The Balaban J connectivity index is 2.22. The maximum atomic E-state index is 2.32. The molecule has 0 heterocycles. The van der Waals surface area contributed by atoms with Gasteiger partial charge in [-0.15, -0.1) is 0 Å². The molecule has 2 heteroatoms. The molecule has 2 rings (SSSR count). The van der Waals surface area contributed by atoms with Crippen molar-refractivity contribution in [3.63, 3.8) is 0 Å². The summed E-state index contributed by atoms with van der Waals surface area (Å²) in [6.45, 7) is 1.92. The van der Waals surface area contributed by atoms with Crippen molar-refractivity contribution in [2.24, 2.45) is 0 Å². The van der Waals surface area contributed by atoms with E-state index < -0.39 is 0 Å². The Kier molecular flexibility index (Phi) is 4.72. The summed E-state index contributed by atoms with van der Waals surface area (Å²) in [6, 6.07) is 19.2. The summed E-state index contributed by atoms with van der Waals surface area (Å²) in [6.07, 6.45) is 0. The number of nitrogens with zero attached hydrogens (tertiary/aromatic N) is 2. The van der Waals surface area contributed by atoms with Crippen LogP contribution in [0.2, 0.25) is 0 Å². The fourth-order valence-corrected chi connectivity index (χ4v) is 2.38. The third-order valence-corrected chi connectivity index (χ3v) is 3.07. The second-order valence-electron chi connectivity index (χ2n) is 5.26. The summed E-state index contributed by atoms with van der Waals surface area (Å²) in [7, 11) is 6.35. The summed E-state index contributed by atoms with van der Waals surface area (Å²) in [5, 5.41) is 0. The lowest BCUT2D eigenvalue weighted by atomic mass is 9.99. The first-order valence-corrected chi connectivity index (χ1v) is 6.63. The Labute approximate surface area is 116 Å². The van der Waals surface area contributed by atoms with Gasteiger partial charge in [0.1, 0.15) is 0 Å². The molecule has 0 aliphatic heterocycles. The molecule has 0 bridgehead atoms. The molecule has 0 fully saturated rings. The second-order valence-corrected chi connectivity index (χ2v) is 5.26. The van der Waals surface area contributed by atoms with Crippen molar-refractivity contribution in [1.82, 2.24) is 9.80 Å². The lowest BCUT2D eigenvalue weighted by molar-refractivity contribution is 0.204. The van der Waals surface area contributed by atoms with Gasteiger partial charge in [-0.1, -0.05) is 54.6 Å². The SMILES string of the molecule is CN(C)CN(C)Cc1ccccc1-c1ccccc1. The normalized spacial score (nSPS) is 11.2. The van der Waals surface area contributed by atoms with Crippen LogP contribution < -0.4 is 0 Å². The first kappa shape index (κ1) is 13.8. The monoisotopic (exact) mass is 254 g/mol. The minimum atomic E-state index is 0.961. The van der Waals surface area contributed by atoms with E-state index in [1.165, 1.54) is 16.7 Å². The molecule has 0 saturated carbocycles. The van der Waals surface area contributed by atoms with Crippen molar-refractivity contribution in [2.75, 3.05) is 27.8 Å². The van der Waals surface area contributed by atoms with E-state index in [4.69, 9.17) is 0 Å². The van der Waals surface area contributed by atoms with Crippen LogP contribution in [0.25, 0.3) is 11.1 Å². The number of rotatable bonds is 5.